The van der Waals surface area contributed by atoms with Crippen LogP contribution in [0.4, 0.5) is 17.2 Å². The number of anilines is 3. The number of nitrogens with two attached hydrogens (primary N) is 1. The number of pyridine rings is 1. The van der Waals surface area contributed by atoms with Crippen LogP contribution in [-0.4, -0.2) is 4.98 Å². The molecule has 3 rings (SSSR count). The molecule has 0 aliphatic rings. The Balaban J connectivity index is 2.00. The summed E-state index contributed by atoms with van der Waals surface area (Å²) in [7, 11) is 0. The molecule has 0 aliphatic carbocycles. The molecule has 2 aromatic carbocycles. The molecule has 0 aliphatic heterocycles. The number of nitrogens with one attached hydrogen (secondary N) is 1. The van der Waals surface area contributed by atoms with Gasteiger partial charge in [0.2, 0.25) is 0 Å². The number of benzene rings is 2. The normalized spacial score (nSPS) is 10.3. The van der Waals surface area contributed by atoms with Crippen LogP contribution in [0, 0.1) is 6.92 Å². The molecule has 3 nitrogen and oxygen atoms in total. The SMILES string of the molecule is Cc1cnc(Nc2ccccc2-c2ccccc2)c(N)c1. The van der Waals surface area contributed by atoms with E-state index in [0.29, 0.717) is 11.5 Å². The van der Waals surface area contributed by atoms with Crippen molar-refractivity contribution in [1.29, 1.82) is 0 Å². The fourth-order valence-corrected chi connectivity index (χ4v) is 2.29. The number of nitrogen functional groups attached to an aromatic ring is 1. The summed E-state index contributed by atoms with van der Waals surface area (Å²) in [5, 5.41) is 3.33. The largest absolute Gasteiger partial charge is 0.396 e. The van der Waals surface area contributed by atoms with Crippen molar-refractivity contribution in [3.05, 3.63) is 72.4 Å². The van der Waals surface area contributed by atoms with Crippen molar-refractivity contribution in [2.75, 3.05) is 11.1 Å². The summed E-state index contributed by atoms with van der Waals surface area (Å²) < 4.78 is 0. The Bertz CT molecular complexity index is 751. The average Bonchev–Trinajstić information content (AvgIpc) is 2.51. The number of hydrogen-bond acceptors (Lipinski definition) is 3. The van der Waals surface area contributed by atoms with Crippen LogP contribution in [0.1, 0.15) is 5.56 Å². The Hall–Kier alpha value is -2.81. The molecule has 1 aromatic heterocycles. The van der Waals surface area contributed by atoms with E-state index in [-0.39, 0.29) is 0 Å². The lowest BCUT2D eigenvalue weighted by atomic mass is 10.0. The average molecular weight is 275 g/mol. The Kier molecular flexibility index (Phi) is 3.56. The van der Waals surface area contributed by atoms with E-state index in [1.165, 1.54) is 0 Å². The van der Waals surface area contributed by atoms with Gasteiger partial charge in [0.25, 0.3) is 0 Å². The molecular weight excluding hydrogens is 258 g/mol. The van der Waals surface area contributed by atoms with E-state index in [1.807, 2.05) is 55.6 Å². The second-order valence-electron chi connectivity index (χ2n) is 4.99. The third-order valence-electron chi connectivity index (χ3n) is 3.32. The van der Waals surface area contributed by atoms with Crippen molar-refractivity contribution in [2.45, 2.75) is 6.92 Å². The summed E-state index contributed by atoms with van der Waals surface area (Å²) in [5.74, 6) is 0.684. The van der Waals surface area contributed by atoms with Crippen LogP contribution < -0.4 is 11.1 Å². The van der Waals surface area contributed by atoms with Gasteiger partial charge in [0, 0.05) is 17.4 Å². The first-order chi connectivity index (χ1) is 10.2. The minimum Gasteiger partial charge on any atom is -0.396 e. The smallest absolute Gasteiger partial charge is 0.153 e. The summed E-state index contributed by atoms with van der Waals surface area (Å²) in [4.78, 5) is 4.37. The van der Waals surface area contributed by atoms with E-state index in [1.54, 1.807) is 0 Å². The quantitative estimate of drug-likeness (QED) is 0.745. The van der Waals surface area contributed by atoms with Crippen molar-refractivity contribution in [3.8, 4) is 11.1 Å². The zero-order valence-electron chi connectivity index (χ0n) is 11.9. The third kappa shape index (κ3) is 2.87. The van der Waals surface area contributed by atoms with Gasteiger partial charge in [-0.05, 0) is 30.2 Å². The predicted octanol–water partition coefficient (Wildman–Crippen LogP) is 4.38. The van der Waals surface area contributed by atoms with Gasteiger partial charge in [0.15, 0.2) is 5.82 Å². The van der Waals surface area contributed by atoms with Gasteiger partial charge in [-0.1, -0.05) is 48.5 Å². The molecule has 3 heteroatoms. The van der Waals surface area contributed by atoms with E-state index in [2.05, 4.69) is 28.5 Å². The Morgan fingerprint density at radius 3 is 2.43 bits per heavy atom. The highest BCUT2D eigenvalue weighted by atomic mass is 15.0. The van der Waals surface area contributed by atoms with Gasteiger partial charge in [-0.2, -0.15) is 0 Å². The van der Waals surface area contributed by atoms with E-state index in [9.17, 15) is 0 Å². The molecule has 0 unspecified atom stereocenters. The Labute approximate surface area is 124 Å². The number of aromatic nitrogens is 1. The van der Waals surface area contributed by atoms with Crippen LogP contribution >= 0.6 is 0 Å². The molecule has 104 valence electrons. The highest BCUT2D eigenvalue weighted by Gasteiger charge is 2.07. The second-order valence-corrected chi connectivity index (χ2v) is 4.99. The first kappa shape index (κ1) is 13.2. The van der Waals surface area contributed by atoms with E-state index < -0.39 is 0 Å². The van der Waals surface area contributed by atoms with Crippen LogP contribution in [0.2, 0.25) is 0 Å². The molecule has 3 aromatic rings. The fraction of sp³-hybridized carbons (Fsp3) is 0.0556. The molecule has 0 amide bonds. The molecular formula is C18H17N3. The van der Waals surface area contributed by atoms with Gasteiger partial charge < -0.3 is 11.1 Å². The zero-order valence-corrected chi connectivity index (χ0v) is 11.9. The summed E-state index contributed by atoms with van der Waals surface area (Å²) in [6, 6.07) is 20.3. The van der Waals surface area contributed by atoms with E-state index >= 15 is 0 Å². The van der Waals surface area contributed by atoms with Crippen molar-refractivity contribution in [3.63, 3.8) is 0 Å². The molecule has 1 heterocycles. The van der Waals surface area contributed by atoms with Crippen molar-refractivity contribution < 1.29 is 0 Å². The summed E-state index contributed by atoms with van der Waals surface area (Å²) in [6.07, 6.45) is 1.81. The van der Waals surface area contributed by atoms with E-state index in [4.69, 9.17) is 5.73 Å². The minimum absolute atomic E-state index is 0.651. The van der Waals surface area contributed by atoms with E-state index in [0.717, 1.165) is 22.4 Å². The first-order valence-corrected chi connectivity index (χ1v) is 6.87. The van der Waals surface area contributed by atoms with Gasteiger partial charge in [-0.3, -0.25) is 0 Å². The van der Waals surface area contributed by atoms with Crippen molar-refractivity contribution >= 4 is 17.2 Å². The Morgan fingerprint density at radius 1 is 0.952 bits per heavy atom. The highest BCUT2D eigenvalue weighted by Crippen LogP contribution is 2.31. The fourth-order valence-electron chi connectivity index (χ4n) is 2.29. The van der Waals surface area contributed by atoms with Crippen LogP contribution in [0.25, 0.3) is 11.1 Å². The lowest BCUT2D eigenvalue weighted by Crippen LogP contribution is -2.00. The molecule has 0 radical (unpaired) electrons. The molecule has 0 saturated heterocycles. The monoisotopic (exact) mass is 275 g/mol. The van der Waals surface area contributed by atoms with Gasteiger partial charge >= 0.3 is 0 Å². The molecule has 0 spiro atoms. The topological polar surface area (TPSA) is 50.9 Å². The van der Waals surface area contributed by atoms with Gasteiger partial charge in [-0.25, -0.2) is 4.98 Å². The van der Waals surface area contributed by atoms with Gasteiger partial charge in [0.1, 0.15) is 0 Å². The maximum absolute atomic E-state index is 6.03. The second kappa shape index (κ2) is 5.67. The predicted molar refractivity (Wildman–Crippen MR) is 88.5 cm³/mol. The summed E-state index contributed by atoms with van der Waals surface area (Å²) in [6.45, 7) is 1.98. The maximum atomic E-state index is 6.03. The molecule has 3 N–H and O–H groups in total. The van der Waals surface area contributed by atoms with Crippen LogP contribution in [-0.2, 0) is 0 Å². The molecule has 0 fully saturated rings. The maximum Gasteiger partial charge on any atom is 0.153 e. The van der Waals surface area contributed by atoms with Crippen LogP contribution in [0.15, 0.2) is 66.9 Å². The van der Waals surface area contributed by atoms with Gasteiger partial charge in [-0.15, -0.1) is 0 Å². The third-order valence-corrected chi connectivity index (χ3v) is 3.32. The number of nitrogens with zero attached hydrogens (tertiary/aromatic N) is 1. The number of aryl methyl sites for hydroxylation is 1. The van der Waals surface area contributed by atoms with Crippen molar-refractivity contribution in [1.82, 2.24) is 4.98 Å². The standard InChI is InChI=1S/C18H17N3/c1-13-11-16(19)18(20-12-13)21-17-10-6-5-9-15(17)14-7-3-2-4-8-14/h2-12H,19H2,1H3,(H,20,21). The number of rotatable bonds is 3. The molecule has 0 bridgehead atoms. The zero-order chi connectivity index (χ0) is 14.7. The minimum atomic E-state index is 0.651. The first-order valence-electron chi connectivity index (χ1n) is 6.87. The number of para-hydroxylation sites is 1. The van der Waals surface area contributed by atoms with Crippen molar-refractivity contribution in [2.24, 2.45) is 0 Å². The molecule has 0 atom stereocenters. The number of hydrogen-bond donors (Lipinski definition) is 2. The lowest BCUT2D eigenvalue weighted by Gasteiger charge is -2.13. The highest BCUT2D eigenvalue weighted by molar-refractivity contribution is 5.82. The Morgan fingerprint density at radius 2 is 1.67 bits per heavy atom. The van der Waals surface area contributed by atoms with Gasteiger partial charge in [0.05, 0.1) is 5.69 Å². The summed E-state index contributed by atoms with van der Waals surface area (Å²) in [5.41, 5.74) is 11.0. The molecule has 21 heavy (non-hydrogen) atoms. The van der Waals surface area contributed by atoms with Crippen LogP contribution in [0.3, 0.4) is 0 Å². The molecule has 0 saturated carbocycles. The van der Waals surface area contributed by atoms with Crippen LogP contribution in [0.5, 0.6) is 0 Å². The lowest BCUT2D eigenvalue weighted by molar-refractivity contribution is 1.26. The summed E-state index contributed by atoms with van der Waals surface area (Å²) >= 11 is 0.